The van der Waals surface area contributed by atoms with Crippen LogP contribution < -0.4 is 10.2 Å². The van der Waals surface area contributed by atoms with E-state index in [9.17, 15) is 4.79 Å². The van der Waals surface area contributed by atoms with Crippen LogP contribution >= 0.6 is 0 Å². The molecule has 0 aliphatic carbocycles. The van der Waals surface area contributed by atoms with E-state index in [1.807, 2.05) is 20.0 Å². The number of carbonyl (C=O) groups excluding carboxylic acids is 1. The Morgan fingerprint density at radius 1 is 1.42 bits per heavy atom. The van der Waals surface area contributed by atoms with E-state index in [0.29, 0.717) is 6.54 Å². The molecular weight excluding hydrogens is 332 g/mol. The fourth-order valence-electron chi connectivity index (χ4n) is 3.84. The van der Waals surface area contributed by atoms with Crippen molar-refractivity contribution in [2.75, 3.05) is 31.1 Å². The van der Waals surface area contributed by atoms with Crippen LogP contribution in [0.15, 0.2) is 12.5 Å². The summed E-state index contributed by atoms with van der Waals surface area (Å²) >= 11 is 0. The number of hydrogen-bond donors (Lipinski definition) is 1. The van der Waals surface area contributed by atoms with Gasteiger partial charge in [-0.1, -0.05) is 0 Å². The molecule has 1 aromatic heterocycles. The minimum Gasteiger partial charge on any atom is -0.447 e. The van der Waals surface area contributed by atoms with E-state index in [1.54, 1.807) is 6.33 Å². The second kappa shape index (κ2) is 8.20. The first-order valence-electron chi connectivity index (χ1n) is 9.55. The van der Waals surface area contributed by atoms with Crippen molar-refractivity contribution >= 4 is 11.9 Å². The quantitative estimate of drug-likeness (QED) is 0.887. The van der Waals surface area contributed by atoms with E-state index >= 15 is 0 Å². The van der Waals surface area contributed by atoms with Crippen LogP contribution in [-0.4, -0.2) is 54.5 Å². The van der Waals surface area contributed by atoms with E-state index in [2.05, 4.69) is 27.1 Å². The molecule has 2 saturated heterocycles. The lowest BCUT2D eigenvalue weighted by molar-refractivity contribution is -0.0705. The highest BCUT2D eigenvalue weighted by molar-refractivity contribution is 5.67. The van der Waals surface area contributed by atoms with E-state index < -0.39 is 0 Å². The van der Waals surface area contributed by atoms with Crippen LogP contribution in [0.5, 0.6) is 0 Å². The first-order chi connectivity index (χ1) is 12.5. The number of piperidine rings is 1. The van der Waals surface area contributed by atoms with Gasteiger partial charge >= 0.3 is 6.09 Å². The third-order valence-electron chi connectivity index (χ3n) is 5.43. The number of ether oxygens (including phenoxy) is 2. The van der Waals surface area contributed by atoms with Gasteiger partial charge in [0.15, 0.2) is 0 Å². The second-order valence-corrected chi connectivity index (χ2v) is 7.82. The van der Waals surface area contributed by atoms with Crippen LogP contribution in [0.4, 0.5) is 10.6 Å². The van der Waals surface area contributed by atoms with Crippen molar-refractivity contribution in [3.63, 3.8) is 0 Å². The van der Waals surface area contributed by atoms with E-state index in [-0.39, 0.29) is 23.7 Å². The molecule has 26 heavy (non-hydrogen) atoms. The molecule has 1 aromatic rings. The molecule has 1 N–H and O–H groups in total. The first-order valence-corrected chi connectivity index (χ1v) is 9.55. The highest BCUT2D eigenvalue weighted by Gasteiger charge is 2.39. The summed E-state index contributed by atoms with van der Waals surface area (Å²) in [7, 11) is 0. The Balaban J connectivity index is 1.44. The van der Waals surface area contributed by atoms with Gasteiger partial charge in [-0.15, -0.1) is 0 Å². The summed E-state index contributed by atoms with van der Waals surface area (Å²) in [6, 6.07) is 0. The van der Waals surface area contributed by atoms with E-state index in [4.69, 9.17) is 9.47 Å². The molecule has 7 heteroatoms. The molecule has 0 bridgehead atoms. The Hall–Kier alpha value is -1.89. The Kier molecular flexibility index (Phi) is 5.96. The molecule has 0 aromatic carbocycles. The number of aromatic nitrogens is 2. The summed E-state index contributed by atoms with van der Waals surface area (Å²) in [4.78, 5) is 22.5. The molecule has 1 atom stereocenters. The van der Waals surface area contributed by atoms with Crippen LogP contribution in [0.1, 0.15) is 45.1 Å². The molecule has 7 nitrogen and oxygen atoms in total. The smallest absolute Gasteiger partial charge is 0.407 e. The molecule has 144 valence electrons. The van der Waals surface area contributed by atoms with Crippen LogP contribution in [-0.2, 0) is 9.47 Å². The largest absolute Gasteiger partial charge is 0.447 e. The van der Waals surface area contributed by atoms with Gasteiger partial charge in [0.25, 0.3) is 0 Å². The number of aryl methyl sites for hydroxylation is 1. The molecule has 0 radical (unpaired) electrons. The van der Waals surface area contributed by atoms with Gasteiger partial charge in [0, 0.05) is 31.4 Å². The summed E-state index contributed by atoms with van der Waals surface area (Å²) in [5.74, 6) is 1.05. The molecule has 0 unspecified atom stereocenters. The van der Waals surface area contributed by atoms with Crippen molar-refractivity contribution in [1.29, 1.82) is 0 Å². The van der Waals surface area contributed by atoms with Gasteiger partial charge in [-0.3, -0.25) is 0 Å². The van der Waals surface area contributed by atoms with Crippen LogP contribution in [0.3, 0.4) is 0 Å². The van der Waals surface area contributed by atoms with Crippen molar-refractivity contribution in [3.05, 3.63) is 18.1 Å². The molecule has 2 aliphatic rings. The summed E-state index contributed by atoms with van der Waals surface area (Å²) in [6.45, 7) is 9.05. The SMILES string of the molecule is Cc1cncnc1N1CCC2(CC[C@H](CNC(=O)OC(C)C)OC2)CC1. The molecule has 2 aliphatic heterocycles. The third kappa shape index (κ3) is 4.63. The van der Waals surface area contributed by atoms with Crippen molar-refractivity contribution < 1.29 is 14.3 Å². The van der Waals surface area contributed by atoms with Crippen molar-refractivity contribution in [1.82, 2.24) is 15.3 Å². The normalized spacial score (nSPS) is 22.5. The number of amides is 1. The van der Waals surface area contributed by atoms with Gasteiger partial charge in [0.1, 0.15) is 12.1 Å². The summed E-state index contributed by atoms with van der Waals surface area (Å²) in [5, 5.41) is 2.80. The Labute approximate surface area is 155 Å². The summed E-state index contributed by atoms with van der Waals surface area (Å²) in [6.07, 6.45) is 7.48. The molecule has 0 saturated carbocycles. The Morgan fingerprint density at radius 2 is 2.19 bits per heavy atom. The topological polar surface area (TPSA) is 76.6 Å². The zero-order valence-corrected chi connectivity index (χ0v) is 16.0. The molecule has 1 amide bonds. The van der Waals surface area contributed by atoms with Gasteiger partial charge in [0.2, 0.25) is 0 Å². The lowest BCUT2D eigenvalue weighted by Gasteiger charge is -2.46. The number of carbonyl (C=O) groups is 1. The van der Waals surface area contributed by atoms with Gasteiger partial charge in [-0.25, -0.2) is 14.8 Å². The lowest BCUT2D eigenvalue weighted by atomic mass is 9.73. The maximum absolute atomic E-state index is 11.6. The maximum atomic E-state index is 11.6. The van der Waals surface area contributed by atoms with Crippen molar-refractivity contribution in [2.24, 2.45) is 5.41 Å². The number of alkyl carbamates (subject to hydrolysis) is 1. The Bertz CT molecular complexity index is 605. The van der Waals surface area contributed by atoms with Gasteiger partial charge in [-0.05, 0) is 51.9 Å². The fourth-order valence-corrected chi connectivity index (χ4v) is 3.84. The summed E-state index contributed by atoms with van der Waals surface area (Å²) < 4.78 is 11.2. The molecule has 3 heterocycles. The van der Waals surface area contributed by atoms with Crippen LogP contribution in [0, 0.1) is 12.3 Å². The predicted octanol–water partition coefficient (Wildman–Crippen LogP) is 2.69. The Morgan fingerprint density at radius 3 is 2.81 bits per heavy atom. The standard InChI is InChI=1S/C19H30N4O3/c1-14(2)26-18(24)21-11-16-4-5-19(12-25-16)6-8-23(9-7-19)17-15(3)10-20-13-22-17/h10,13-14,16H,4-9,11-12H2,1-3H3,(H,21,24)/t16-/m1/s1. The molecule has 3 rings (SSSR count). The molecule has 1 spiro atoms. The van der Waals surface area contributed by atoms with E-state index in [0.717, 1.165) is 56.8 Å². The minimum atomic E-state index is -0.364. The number of anilines is 1. The highest BCUT2D eigenvalue weighted by atomic mass is 16.6. The average Bonchev–Trinajstić information content (AvgIpc) is 2.62. The monoisotopic (exact) mass is 362 g/mol. The highest BCUT2D eigenvalue weighted by Crippen LogP contribution is 2.41. The van der Waals surface area contributed by atoms with Crippen LogP contribution in [0.2, 0.25) is 0 Å². The third-order valence-corrected chi connectivity index (χ3v) is 5.43. The summed E-state index contributed by atoms with van der Waals surface area (Å²) in [5.41, 5.74) is 1.40. The van der Waals surface area contributed by atoms with Crippen LogP contribution in [0.25, 0.3) is 0 Å². The van der Waals surface area contributed by atoms with E-state index in [1.165, 1.54) is 0 Å². The van der Waals surface area contributed by atoms with Crippen molar-refractivity contribution in [3.8, 4) is 0 Å². The number of rotatable bonds is 4. The number of nitrogens with zero attached hydrogens (tertiary/aromatic N) is 3. The minimum absolute atomic E-state index is 0.0856. The lowest BCUT2D eigenvalue weighted by Crippen LogP contribution is -2.48. The molecule has 2 fully saturated rings. The van der Waals surface area contributed by atoms with Gasteiger partial charge in [-0.2, -0.15) is 0 Å². The molecular formula is C19H30N4O3. The maximum Gasteiger partial charge on any atom is 0.407 e. The van der Waals surface area contributed by atoms with Gasteiger partial charge in [0.05, 0.1) is 18.8 Å². The fraction of sp³-hybridized carbons (Fsp3) is 0.737. The average molecular weight is 362 g/mol. The van der Waals surface area contributed by atoms with Gasteiger partial charge < -0.3 is 19.7 Å². The number of hydrogen-bond acceptors (Lipinski definition) is 6. The zero-order chi connectivity index (χ0) is 18.6. The zero-order valence-electron chi connectivity index (χ0n) is 16.0. The van der Waals surface area contributed by atoms with Crippen molar-refractivity contribution in [2.45, 2.75) is 58.7 Å². The predicted molar refractivity (Wildman–Crippen MR) is 99.2 cm³/mol. The first kappa shape index (κ1) is 18.9. The number of nitrogens with one attached hydrogen (secondary N) is 1. The second-order valence-electron chi connectivity index (χ2n) is 7.82.